The summed E-state index contributed by atoms with van der Waals surface area (Å²) in [7, 11) is 3.12. The zero-order valence-electron chi connectivity index (χ0n) is 11.8. The lowest BCUT2D eigenvalue weighted by atomic mass is 9.98. The number of hydrogen-bond donors (Lipinski definition) is 2. The van der Waals surface area contributed by atoms with Crippen LogP contribution in [-0.2, 0) is 14.3 Å². The second kappa shape index (κ2) is 10.3. The van der Waals surface area contributed by atoms with Gasteiger partial charge in [0.2, 0.25) is 5.91 Å². The minimum Gasteiger partial charge on any atom is -0.481 e. The number of hydrogen-bond acceptors (Lipinski definition) is 5. The van der Waals surface area contributed by atoms with E-state index in [1.807, 2.05) is 0 Å². The van der Waals surface area contributed by atoms with Crippen molar-refractivity contribution in [2.75, 3.05) is 24.7 Å². The van der Waals surface area contributed by atoms with Crippen LogP contribution in [-0.4, -0.2) is 47.7 Å². The van der Waals surface area contributed by atoms with Crippen LogP contribution in [0.5, 0.6) is 0 Å². The van der Waals surface area contributed by atoms with E-state index in [0.29, 0.717) is 24.6 Å². The molecule has 1 fully saturated rings. The van der Waals surface area contributed by atoms with E-state index in [1.54, 1.807) is 10.8 Å². The van der Waals surface area contributed by atoms with Crippen molar-refractivity contribution in [1.82, 2.24) is 5.32 Å². The standard InChI is InChI=1S/C13H23NO4S2/c1-10-2-3-11(18-9-10)8-12(15)14-5-7-20-19-6-4-13(16)17/h10-11H,2-9H2,1H3,(H,14,15)(H,16,17)/t10-,11+/m1/s1. The maximum Gasteiger partial charge on any atom is 0.304 e. The summed E-state index contributed by atoms with van der Waals surface area (Å²) in [6.07, 6.45) is 2.80. The van der Waals surface area contributed by atoms with Gasteiger partial charge in [0.05, 0.1) is 18.9 Å². The molecule has 0 aromatic carbocycles. The first-order valence-corrected chi connectivity index (χ1v) is 9.41. The Morgan fingerprint density at radius 3 is 2.70 bits per heavy atom. The molecule has 7 heteroatoms. The molecule has 5 nitrogen and oxygen atoms in total. The van der Waals surface area contributed by atoms with Crippen LogP contribution in [0.25, 0.3) is 0 Å². The molecular formula is C13H23NO4S2. The van der Waals surface area contributed by atoms with Crippen LogP contribution in [0.3, 0.4) is 0 Å². The van der Waals surface area contributed by atoms with Crippen molar-refractivity contribution in [2.24, 2.45) is 5.92 Å². The molecule has 1 rings (SSSR count). The highest BCUT2D eigenvalue weighted by atomic mass is 33.1. The molecule has 1 saturated heterocycles. The van der Waals surface area contributed by atoms with E-state index in [0.717, 1.165) is 25.2 Å². The second-order valence-corrected chi connectivity index (χ2v) is 7.68. The lowest BCUT2D eigenvalue weighted by Crippen LogP contribution is -2.33. The average molecular weight is 321 g/mol. The van der Waals surface area contributed by atoms with Crippen molar-refractivity contribution < 1.29 is 19.4 Å². The smallest absolute Gasteiger partial charge is 0.304 e. The maximum absolute atomic E-state index is 11.7. The Labute approximate surface area is 128 Å². The van der Waals surface area contributed by atoms with Gasteiger partial charge in [-0.1, -0.05) is 28.5 Å². The molecule has 1 amide bonds. The van der Waals surface area contributed by atoms with Crippen molar-refractivity contribution in [3.63, 3.8) is 0 Å². The Morgan fingerprint density at radius 2 is 2.05 bits per heavy atom. The molecule has 0 saturated carbocycles. The Morgan fingerprint density at radius 1 is 1.30 bits per heavy atom. The molecule has 116 valence electrons. The van der Waals surface area contributed by atoms with Crippen molar-refractivity contribution in [1.29, 1.82) is 0 Å². The van der Waals surface area contributed by atoms with E-state index < -0.39 is 5.97 Å². The zero-order valence-corrected chi connectivity index (χ0v) is 13.4. The number of carboxylic acid groups (broad SMARTS) is 1. The Kier molecular flexibility index (Phi) is 9.13. The van der Waals surface area contributed by atoms with Gasteiger partial charge >= 0.3 is 5.97 Å². The molecule has 0 radical (unpaired) electrons. The van der Waals surface area contributed by atoms with E-state index in [-0.39, 0.29) is 18.4 Å². The van der Waals surface area contributed by atoms with Crippen LogP contribution >= 0.6 is 21.6 Å². The van der Waals surface area contributed by atoms with Crippen LogP contribution in [0.4, 0.5) is 0 Å². The van der Waals surface area contributed by atoms with Gasteiger partial charge in [-0.2, -0.15) is 0 Å². The topological polar surface area (TPSA) is 75.6 Å². The predicted molar refractivity (Wildman–Crippen MR) is 82.9 cm³/mol. The number of nitrogens with one attached hydrogen (secondary N) is 1. The number of carbonyl (C=O) groups is 2. The molecule has 1 aliphatic rings. The second-order valence-electron chi connectivity index (χ2n) is 4.98. The summed E-state index contributed by atoms with van der Waals surface area (Å²) in [6, 6.07) is 0. The van der Waals surface area contributed by atoms with Gasteiger partial charge in [0, 0.05) is 24.7 Å². The van der Waals surface area contributed by atoms with Crippen LogP contribution in [0.1, 0.15) is 32.6 Å². The molecule has 20 heavy (non-hydrogen) atoms. The fourth-order valence-electron chi connectivity index (χ4n) is 1.86. The van der Waals surface area contributed by atoms with Gasteiger partial charge in [0.1, 0.15) is 0 Å². The Hall–Kier alpha value is -0.400. The minimum atomic E-state index is -0.770. The normalized spacial score (nSPS) is 22.4. The van der Waals surface area contributed by atoms with Crippen molar-refractivity contribution in [3.8, 4) is 0 Å². The minimum absolute atomic E-state index is 0.0423. The first kappa shape index (κ1) is 17.7. The maximum atomic E-state index is 11.7. The molecule has 2 atom stereocenters. The average Bonchev–Trinajstić information content (AvgIpc) is 2.40. The van der Waals surface area contributed by atoms with Gasteiger partial charge in [-0.15, -0.1) is 0 Å². The number of carbonyl (C=O) groups excluding carboxylic acids is 1. The lowest BCUT2D eigenvalue weighted by molar-refractivity contribution is -0.136. The SMILES string of the molecule is C[C@@H]1CC[C@@H](CC(=O)NCCSSCCC(=O)O)OC1. The first-order valence-electron chi connectivity index (χ1n) is 6.92. The molecule has 2 N–H and O–H groups in total. The van der Waals surface area contributed by atoms with Crippen LogP contribution < -0.4 is 5.32 Å². The van der Waals surface area contributed by atoms with E-state index in [9.17, 15) is 9.59 Å². The van der Waals surface area contributed by atoms with Crippen molar-refractivity contribution in [2.45, 2.75) is 38.7 Å². The third-order valence-corrected chi connectivity index (χ3v) is 5.41. The molecule has 1 aliphatic heterocycles. The van der Waals surface area contributed by atoms with Crippen molar-refractivity contribution in [3.05, 3.63) is 0 Å². The quantitative estimate of drug-likeness (QED) is 0.501. The van der Waals surface area contributed by atoms with Crippen LogP contribution in [0.2, 0.25) is 0 Å². The lowest BCUT2D eigenvalue weighted by Gasteiger charge is -2.26. The zero-order chi connectivity index (χ0) is 14.8. The highest BCUT2D eigenvalue weighted by Gasteiger charge is 2.20. The van der Waals surface area contributed by atoms with Gasteiger partial charge in [-0.3, -0.25) is 9.59 Å². The third-order valence-electron chi connectivity index (χ3n) is 3.00. The molecule has 0 spiro atoms. The molecule has 0 aromatic rings. The number of ether oxygens (including phenoxy) is 1. The van der Waals surface area contributed by atoms with Gasteiger partial charge in [0.15, 0.2) is 0 Å². The summed E-state index contributed by atoms with van der Waals surface area (Å²) in [5, 5.41) is 11.3. The van der Waals surface area contributed by atoms with Gasteiger partial charge in [-0.25, -0.2) is 0 Å². The monoisotopic (exact) mass is 321 g/mol. The number of rotatable bonds is 9. The summed E-state index contributed by atoms with van der Waals surface area (Å²) < 4.78 is 5.62. The van der Waals surface area contributed by atoms with Crippen LogP contribution in [0, 0.1) is 5.92 Å². The van der Waals surface area contributed by atoms with Gasteiger partial charge in [0.25, 0.3) is 0 Å². The summed E-state index contributed by atoms with van der Waals surface area (Å²) in [6.45, 7) is 3.54. The summed E-state index contributed by atoms with van der Waals surface area (Å²) in [5.74, 6) is 1.27. The number of carboxylic acids is 1. The van der Waals surface area contributed by atoms with E-state index in [4.69, 9.17) is 9.84 Å². The van der Waals surface area contributed by atoms with Crippen LogP contribution in [0.15, 0.2) is 0 Å². The third kappa shape index (κ3) is 8.71. The molecule has 1 heterocycles. The number of amides is 1. The first-order chi connectivity index (χ1) is 9.58. The van der Waals surface area contributed by atoms with E-state index >= 15 is 0 Å². The molecule has 0 bridgehead atoms. The summed E-state index contributed by atoms with van der Waals surface area (Å²) in [4.78, 5) is 22.0. The predicted octanol–water partition coefficient (Wildman–Crippen LogP) is 2.16. The van der Waals surface area contributed by atoms with Crippen molar-refractivity contribution >= 4 is 33.5 Å². The molecule has 0 aliphatic carbocycles. The fraction of sp³-hybridized carbons (Fsp3) is 0.846. The molecule has 0 aromatic heterocycles. The largest absolute Gasteiger partial charge is 0.481 e. The van der Waals surface area contributed by atoms with Gasteiger partial charge < -0.3 is 15.2 Å². The number of aliphatic carboxylic acids is 1. The Balaban J connectivity index is 1.94. The van der Waals surface area contributed by atoms with E-state index in [2.05, 4.69) is 12.2 Å². The highest BCUT2D eigenvalue weighted by Crippen LogP contribution is 2.21. The van der Waals surface area contributed by atoms with Gasteiger partial charge in [-0.05, 0) is 18.8 Å². The Bertz CT molecular complexity index is 307. The summed E-state index contributed by atoms with van der Waals surface area (Å²) in [5.41, 5.74) is 0. The van der Waals surface area contributed by atoms with E-state index in [1.165, 1.54) is 10.8 Å². The molecule has 0 unspecified atom stereocenters. The summed E-state index contributed by atoms with van der Waals surface area (Å²) >= 11 is 0. The molecular weight excluding hydrogens is 298 g/mol. The fourth-order valence-corrected chi connectivity index (χ4v) is 3.74. The highest BCUT2D eigenvalue weighted by molar-refractivity contribution is 8.76.